The van der Waals surface area contributed by atoms with Crippen LogP contribution in [0.4, 0.5) is 10.1 Å². The number of halogens is 1. The SMILES string of the molecule is CC[C@H](C)NS(=O)(=O)c1ccc(C(=O)N2CCN(c3ccc(F)cc3)CC2)cc1. The fourth-order valence-electron chi connectivity index (χ4n) is 3.20. The lowest BCUT2D eigenvalue weighted by molar-refractivity contribution is 0.0746. The van der Waals surface area contributed by atoms with E-state index in [1.165, 1.54) is 24.3 Å². The van der Waals surface area contributed by atoms with Gasteiger partial charge in [-0.3, -0.25) is 4.79 Å². The highest BCUT2D eigenvalue weighted by molar-refractivity contribution is 7.89. The molecule has 1 aliphatic heterocycles. The summed E-state index contributed by atoms with van der Waals surface area (Å²) in [4.78, 5) is 16.8. The summed E-state index contributed by atoms with van der Waals surface area (Å²) in [6.45, 7) is 6.12. The molecule has 1 fully saturated rings. The number of hydrogen-bond acceptors (Lipinski definition) is 4. The van der Waals surface area contributed by atoms with E-state index in [-0.39, 0.29) is 22.7 Å². The van der Waals surface area contributed by atoms with Crippen LogP contribution < -0.4 is 9.62 Å². The minimum absolute atomic E-state index is 0.123. The van der Waals surface area contributed by atoms with Crippen LogP contribution in [0.5, 0.6) is 0 Å². The Bertz CT molecular complexity index is 938. The molecule has 3 rings (SSSR count). The molecule has 2 aromatic rings. The third-order valence-corrected chi connectivity index (χ3v) is 6.74. The van der Waals surface area contributed by atoms with Gasteiger partial charge in [0.1, 0.15) is 5.82 Å². The minimum atomic E-state index is -3.59. The van der Waals surface area contributed by atoms with Crippen LogP contribution in [0.15, 0.2) is 53.4 Å². The molecular weight excluding hydrogens is 393 g/mol. The van der Waals surface area contributed by atoms with E-state index in [4.69, 9.17) is 0 Å². The number of carbonyl (C=O) groups excluding carboxylic acids is 1. The summed E-state index contributed by atoms with van der Waals surface area (Å²) in [6.07, 6.45) is 0.694. The summed E-state index contributed by atoms with van der Waals surface area (Å²) in [6, 6.07) is 12.2. The van der Waals surface area contributed by atoms with Crippen molar-refractivity contribution in [3.05, 3.63) is 59.9 Å². The second-order valence-electron chi connectivity index (χ2n) is 7.21. The van der Waals surface area contributed by atoms with Crippen molar-refractivity contribution in [2.24, 2.45) is 0 Å². The van der Waals surface area contributed by atoms with E-state index in [9.17, 15) is 17.6 Å². The van der Waals surface area contributed by atoms with Crippen LogP contribution in [-0.4, -0.2) is 51.4 Å². The van der Waals surface area contributed by atoms with E-state index in [1.54, 1.807) is 36.1 Å². The molecule has 1 atom stereocenters. The first-order chi connectivity index (χ1) is 13.8. The van der Waals surface area contributed by atoms with E-state index < -0.39 is 10.0 Å². The largest absolute Gasteiger partial charge is 0.368 e. The van der Waals surface area contributed by atoms with Crippen molar-refractivity contribution >= 4 is 21.6 Å². The van der Waals surface area contributed by atoms with Crippen molar-refractivity contribution in [3.8, 4) is 0 Å². The summed E-state index contributed by atoms with van der Waals surface area (Å²) in [5.41, 5.74) is 1.39. The van der Waals surface area contributed by atoms with Gasteiger partial charge in [0.2, 0.25) is 10.0 Å². The van der Waals surface area contributed by atoms with E-state index in [1.807, 2.05) is 6.92 Å². The van der Waals surface area contributed by atoms with Gasteiger partial charge >= 0.3 is 0 Å². The molecule has 156 valence electrons. The molecule has 1 aliphatic rings. The third kappa shape index (κ3) is 5.13. The molecule has 1 amide bonds. The molecule has 0 saturated carbocycles. The first-order valence-corrected chi connectivity index (χ1v) is 11.2. The Morgan fingerprint density at radius 2 is 1.62 bits per heavy atom. The Morgan fingerprint density at radius 1 is 1.03 bits per heavy atom. The van der Waals surface area contributed by atoms with Gasteiger partial charge in [0, 0.05) is 43.5 Å². The fraction of sp³-hybridized carbons (Fsp3) is 0.381. The van der Waals surface area contributed by atoms with E-state index >= 15 is 0 Å². The van der Waals surface area contributed by atoms with Crippen LogP contribution in [0.2, 0.25) is 0 Å². The molecule has 0 unspecified atom stereocenters. The highest BCUT2D eigenvalue weighted by atomic mass is 32.2. The molecule has 0 bridgehead atoms. The number of benzene rings is 2. The number of anilines is 1. The zero-order valence-electron chi connectivity index (χ0n) is 16.6. The average Bonchev–Trinajstić information content (AvgIpc) is 2.73. The Morgan fingerprint density at radius 3 is 2.17 bits per heavy atom. The predicted molar refractivity (Wildman–Crippen MR) is 111 cm³/mol. The van der Waals surface area contributed by atoms with E-state index in [0.717, 1.165) is 5.69 Å². The number of rotatable bonds is 6. The first-order valence-electron chi connectivity index (χ1n) is 9.72. The van der Waals surface area contributed by atoms with Gasteiger partial charge in [-0.25, -0.2) is 17.5 Å². The number of nitrogens with one attached hydrogen (secondary N) is 1. The average molecular weight is 420 g/mol. The van der Waals surface area contributed by atoms with Crippen molar-refractivity contribution in [2.75, 3.05) is 31.1 Å². The van der Waals surface area contributed by atoms with Gasteiger partial charge < -0.3 is 9.80 Å². The number of amides is 1. The van der Waals surface area contributed by atoms with Crippen molar-refractivity contribution < 1.29 is 17.6 Å². The monoisotopic (exact) mass is 419 g/mol. The van der Waals surface area contributed by atoms with Gasteiger partial charge in [0.15, 0.2) is 0 Å². The zero-order chi connectivity index (χ0) is 21.0. The summed E-state index contributed by atoms with van der Waals surface area (Å²) >= 11 is 0. The van der Waals surface area contributed by atoms with Gasteiger partial charge in [-0.2, -0.15) is 0 Å². The van der Waals surface area contributed by atoms with Gasteiger partial charge in [-0.05, 0) is 61.9 Å². The Kier molecular flexibility index (Phi) is 6.54. The Labute approximate surface area is 171 Å². The van der Waals surface area contributed by atoms with Crippen LogP contribution in [0.1, 0.15) is 30.6 Å². The smallest absolute Gasteiger partial charge is 0.253 e. The Balaban J connectivity index is 1.62. The van der Waals surface area contributed by atoms with E-state index in [2.05, 4.69) is 9.62 Å². The number of hydrogen-bond donors (Lipinski definition) is 1. The lowest BCUT2D eigenvalue weighted by atomic mass is 10.1. The van der Waals surface area contributed by atoms with Crippen molar-refractivity contribution in [2.45, 2.75) is 31.2 Å². The summed E-state index contributed by atoms with van der Waals surface area (Å²) in [7, 11) is -3.59. The van der Waals surface area contributed by atoms with Gasteiger partial charge in [0.05, 0.1) is 4.90 Å². The molecular formula is C21H26FN3O3S. The molecule has 1 saturated heterocycles. The molecule has 29 heavy (non-hydrogen) atoms. The summed E-state index contributed by atoms with van der Waals surface area (Å²) in [5.74, 6) is -0.394. The highest BCUT2D eigenvalue weighted by Crippen LogP contribution is 2.19. The minimum Gasteiger partial charge on any atom is -0.368 e. The lowest BCUT2D eigenvalue weighted by Gasteiger charge is -2.36. The topological polar surface area (TPSA) is 69.7 Å². The normalized spacial score (nSPS) is 16.0. The number of piperazine rings is 1. The molecule has 0 aromatic heterocycles. The molecule has 1 heterocycles. The predicted octanol–water partition coefficient (Wildman–Crippen LogP) is 2.86. The molecule has 6 nitrogen and oxygen atoms in total. The third-order valence-electron chi connectivity index (χ3n) is 5.14. The molecule has 0 aliphatic carbocycles. The Hall–Kier alpha value is -2.45. The molecule has 2 aromatic carbocycles. The van der Waals surface area contributed by atoms with Gasteiger partial charge in [-0.1, -0.05) is 6.92 Å². The highest BCUT2D eigenvalue weighted by Gasteiger charge is 2.23. The maximum absolute atomic E-state index is 13.1. The van der Waals surface area contributed by atoms with Crippen molar-refractivity contribution in [3.63, 3.8) is 0 Å². The van der Waals surface area contributed by atoms with Crippen LogP contribution in [0.25, 0.3) is 0 Å². The second-order valence-corrected chi connectivity index (χ2v) is 8.92. The molecule has 0 radical (unpaired) electrons. The van der Waals surface area contributed by atoms with Crippen molar-refractivity contribution in [1.29, 1.82) is 0 Å². The maximum Gasteiger partial charge on any atom is 0.253 e. The number of carbonyl (C=O) groups is 1. The van der Waals surface area contributed by atoms with Gasteiger partial charge in [-0.15, -0.1) is 0 Å². The lowest BCUT2D eigenvalue weighted by Crippen LogP contribution is -2.48. The maximum atomic E-state index is 13.1. The number of sulfonamides is 1. The first kappa shape index (κ1) is 21.3. The molecule has 8 heteroatoms. The van der Waals surface area contributed by atoms with Crippen LogP contribution >= 0.6 is 0 Å². The summed E-state index contributed by atoms with van der Waals surface area (Å²) < 4.78 is 40.4. The second kappa shape index (κ2) is 8.92. The molecule has 0 spiro atoms. The van der Waals surface area contributed by atoms with Crippen LogP contribution in [-0.2, 0) is 10.0 Å². The summed E-state index contributed by atoms with van der Waals surface area (Å²) in [5, 5.41) is 0. The fourth-order valence-corrected chi connectivity index (χ4v) is 4.52. The standard InChI is InChI=1S/C21H26FN3O3S/c1-3-16(2)23-29(27,28)20-10-4-17(5-11-20)21(26)25-14-12-24(13-15-25)19-8-6-18(22)7-9-19/h4-11,16,23H,3,12-15H2,1-2H3/t16-/m0/s1. The van der Waals surface area contributed by atoms with E-state index in [0.29, 0.717) is 38.2 Å². The zero-order valence-corrected chi connectivity index (χ0v) is 17.5. The quantitative estimate of drug-likeness (QED) is 0.782. The van der Waals surface area contributed by atoms with Crippen LogP contribution in [0.3, 0.4) is 0 Å². The van der Waals surface area contributed by atoms with Crippen LogP contribution in [0, 0.1) is 5.82 Å². The number of nitrogens with zero attached hydrogens (tertiary/aromatic N) is 2. The van der Waals surface area contributed by atoms with Gasteiger partial charge in [0.25, 0.3) is 5.91 Å². The van der Waals surface area contributed by atoms with Crippen molar-refractivity contribution in [1.82, 2.24) is 9.62 Å². The molecule has 1 N–H and O–H groups in total.